The molecule has 6 nitrogen and oxygen atoms in total. The Morgan fingerprint density at radius 2 is 2.33 bits per heavy atom. The number of likely N-dealkylation sites (N-methyl/N-ethyl adjacent to an activating group) is 1. The number of carbonyl (C=O) groups excluding carboxylic acids is 1. The summed E-state index contributed by atoms with van der Waals surface area (Å²) >= 11 is 0. The smallest absolute Gasteiger partial charge is 0.273 e. The predicted octanol–water partition coefficient (Wildman–Crippen LogP) is 0.717. The number of aromatic amines is 1. The number of carbonyl (C=O) groups is 1. The Balaban J connectivity index is 1.87. The maximum atomic E-state index is 11.9. The van der Waals surface area contributed by atoms with Crippen molar-refractivity contribution in [2.75, 3.05) is 19.6 Å². The van der Waals surface area contributed by atoms with E-state index in [0.717, 1.165) is 19.5 Å². The van der Waals surface area contributed by atoms with Crippen molar-refractivity contribution in [2.24, 2.45) is 0 Å². The Labute approximate surface area is 107 Å². The Kier molecular flexibility index (Phi) is 4.30. The summed E-state index contributed by atoms with van der Waals surface area (Å²) in [5.41, 5.74) is 1.04. The molecule has 18 heavy (non-hydrogen) atoms. The molecule has 2 rings (SSSR count). The van der Waals surface area contributed by atoms with E-state index in [9.17, 15) is 4.79 Å². The maximum absolute atomic E-state index is 11.9. The molecule has 2 heterocycles. The molecule has 6 heteroatoms. The van der Waals surface area contributed by atoms with Gasteiger partial charge in [-0.2, -0.15) is 15.4 Å². The van der Waals surface area contributed by atoms with Crippen molar-refractivity contribution < 1.29 is 4.79 Å². The van der Waals surface area contributed by atoms with Crippen LogP contribution in [0.4, 0.5) is 0 Å². The Morgan fingerprint density at radius 3 is 3.00 bits per heavy atom. The fourth-order valence-electron chi connectivity index (χ4n) is 2.50. The van der Waals surface area contributed by atoms with Gasteiger partial charge in [0.25, 0.3) is 5.91 Å². The lowest BCUT2D eigenvalue weighted by Crippen LogP contribution is -2.46. The second kappa shape index (κ2) is 5.95. The first-order valence-corrected chi connectivity index (χ1v) is 6.62. The standard InChI is InChI=1S/C12H21N5O/c1-3-17-7-5-4-6-10(17)8-13-12(18)11-9(2)14-16-15-11/h10H,3-8H2,1-2H3,(H,13,18)(H,14,15,16). The fourth-order valence-corrected chi connectivity index (χ4v) is 2.50. The van der Waals surface area contributed by atoms with Crippen LogP contribution in [0.1, 0.15) is 42.4 Å². The highest BCUT2D eigenvalue weighted by atomic mass is 16.2. The Hall–Kier alpha value is -1.43. The zero-order valence-electron chi connectivity index (χ0n) is 11.1. The minimum Gasteiger partial charge on any atom is -0.349 e. The van der Waals surface area contributed by atoms with Crippen molar-refractivity contribution in [1.29, 1.82) is 0 Å². The summed E-state index contributed by atoms with van der Waals surface area (Å²) in [5.74, 6) is -0.136. The molecular weight excluding hydrogens is 230 g/mol. The quantitative estimate of drug-likeness (QED) is 0.827. The van der Waals surface area contributed by atoms with E-state index in [1.54, 1.807) is 6.92 Å². The highest BCUT2D eigenvalue weighted by Crippen LogP contribution is 2.15. The molecule has 1 aliphatic heterocycles. The molecule has 1 saturated heterocycles. The van der Waals surface area contributed by atoms with Crippen molar-refractivity contribution in [2.45, 2.75) is 39.2 Å². The van der Waals surface area contributed by atoms with E-state index >= 15 is 0 Å². The molecule has 2 N–H and O–H groups in total. The van der Waals surface area contributed by atoms with Gasteiger partial charge in [-0.05, 0) is 32.9 Å². The number of aryl methyl sites for hydroxylation is 1. The van der Waals surface area contributed by atoms with Crippen LogP contribution in [-0.4, -0.2) is 51.9 Å². The largest absolute Gasteiger partial charge is 0.349 e. The number of amides is 1. The average molecular weight is 251 g/mol. The van der Waals surface area contributed by atoms with Crippen molar-refractivity contribution in [3.8, 4) is 0 Å². The van der Waals surface area contributed by atoms with E-state index in [0.29, 0.717) is 24.0 Å². The SMILES string of the molecule is CCN1CCCCC1CNC(=O)c1n[nH]nc1C. The van der Waals surface area contributed by atoms with Crippen LogP contribution < -0.4 is 5.32 Å². The van der Waals surface area contributed by atoms with Crippen LogP contribution in [0, 0.1) is 6.92 Å². The van der Waals surface area contributed by atoms with Gasteiger partial charge in [0, 0.05) is 12.6 Å². The van der Waals surface area contributed by atoms with Gasteiger partial charge in [0.05, 0.1) is 5.69 Å². The average Bonchev–Trinajstić information content (AvgIpc) is 2.82. The van der Waals surface area contributed by atoms with Crippen molar-refractivity contribution in [3.63, 3.8) is 0 Å². The molecule has 1 aromatic heterocycles. The lowest BCUT2D eigenvalue weighted by atomic mass is 10.0. The summed E-state index contributed by atoms with van der Waals surface area (Å²) in [7, 11) is 0. The topological polar surface area (TPSA) is 73.9 Å². The number of H-pyrrole nitrogens is 1. The van der Waals surface area contributed by atoms with Gasteiger partial charge in [-0.1, -0.05) is 13.3 Å². The van der Waals surface area contributed by atoms with E-state index in [1.165, 1.54) is 12.8 Å². The molecule has 0 saturated carbocycles. The lowest BCUT2D eigenvalue weighted by molar-refractivity contribution is 0.0912. The number of hydrogen-bond donors (Lipinski definition) is 2. The fraction of sp³-hybridized carbons (Fsp3) is 0.750. The van der Waals surface area contributed by atoms with Gasteiger partial charge in [-0.25, -0.2) is 0 Å². The zero-order chi connectivity index (χ0) is 13.0. The molecule has 1 unspecified atom stereocenters. The third-order valence-electron chi connectivity index (χ3n) is 3.59. The van der Waals surface area contributed by atoms with Crippen molar-refractivity contribution in [3.05, 3.63) is 11.4 Å². The molecule has 1 aromatic rings. The first-order valence-electron chi connectivity index (χ1n) is 6.62. The molecule has 100 valence electrons. The van der Waals surface area contributed by atoms with Gasteiger partial charge in [0.1, 0.15) is 0 Å². The molecule has 1 fully saturated rings. The van der Waals surface area contributed by atoms with Crippen LogP contribution >= 0.6 is 0 Å². The third-order valence-corrected chi connectivity index (χ3v) is 3.59. The number of hydrogen-bond acceptors (Lipinski definition) is 4. The number of nitrogens with zero attached hydrogens (tertiary/aromatic N) is 3. The third kappa shape index (κ3) is 2.87. The number of rotatable bonds is 4. The van der Waals surface area contributed by atoms with Gasteiger partial charge in [0.15, 0.2) is 5.69 Å². The second-order valence-electron chi connectivity index (χ2n) is 4.75. The Morgan fingerprint density at radius 1 is 1.50 bits per heavy atom. The first kappa shape index (κ1) is 13.0. The highest BCUT2D eigenvalue weighted by Gasteiger charge is 2.22. The highest BCUT2D eigenvalue weighted by molar-refractivity contribution is 5.93. The monoisotopic (exact) mass is 251 g/mol. The van der Waals surface area contributed by atoms with Gasteiger partial charge >= 0.3 is 0 Å². The van der Waals surface area contributed by atoms with E-state index in [-0.39, 0.29) is 5.91 Å². The molecule has 1 atom stereocenters. The van der Waals surface area contributed by atoms with Gasteiger partial charge in [-0.15, -0.1) is 0 Å². The van der Waals surface area contributed by atoms with Crippen molar-refractivity contribution >= 4 is 5.91 Å². The van der Waals surface area contributed by atoms with Crippen LogP contribution in [0.15, 0.2) is 0 Å². The number of likely N-dealkylation sites (tertiary alicyclic amines) is 1. The van der Waals surface area contributed by atoms with Gasteiger partial charge in [0.2, 0.25) is 0 Å². The van der Waals surface area contributed by atoms with Gasteiger partial charge < -0.3 is 5.32 Å². The molecule has 0 aliphatic carbocycles. The minimum absolute atomic E-state index is 0.136. The van der Waals surface area contributed by atoms with Crippen LogP contribution in [-0.2, 0) is 0 Å². The molecule has 1 amide bonds. The van der Waals surface area contributed by atoms with E-state index in [4.69, 9.17) is 0 Å². The second-order valence-corrected chi connectivity index (χ2v) is 4.75. The maximum Gasteiger partial charge on any atom is 0.273 e. The normalized spacial score (nSPS) is 20.9. The summed E-state index contributed by atoms with van der Waals surface area (Å²) < 4.78 is 0. The van der Waals surface area contributed by atoms with Crippen LogP contribution in [0.5, 0.6) is 0 Å². The summed E-state index contributed by atoms with van der Waals surface area (Å²) in [6.07, 6.45) is 3.67. The molecule has 0 aromatic carbocycles. The van der Waals surface area contributed by atoms with E-state index in [2.05, 4.69) is 32.6 Å². The minimum atomic E-state index is -0.136. The van der Waals surface area contributed by atoms with Gasteiger partial charge in [-0.3, -0.25) is 9.69 Å². The van der Waals surface area contributed by atoms with E-state index in [1.807, 2.05) is 0 Å². The predicted molar refractivity (Wildman–Crippen MR) is 68.3 cm³/mol. The Bertz CT molecular complexity index is 403. The van der Waals surface area contributed by atoms with Crippen LogP contribution in [0.25, 0.3) is 0 Å². The molecule has 0 radical (unpaired) electrons. The molecule has 1 aliphatic rings. The number of nitrogens with one attached hydrogen (secondary N) is 2. The summed E-state index contributed by atoms with van der Waals surface area (Å²) in [5, 5.41) is 13.1. The summed E-state index contributed by atoms with van der Waals surface area (Å²) in [4.78, 5) is 14.3. The molecule has 0 spiro atoms. The first-order chi connectivity index (χ1) is 8.72. The number of aromatic nitrogens is 3. The lowest BCUT2D eigenvalue weighted by Gasteiger charge is -2.34. The van der Waals surface area contributed by atoms with Crippen LogP contribution in [0.2, 0.25) is 0 Å². The number of piperidine rings is 1. The molecule has 0 bridgehead atoms. The summed E-state index contributed by atoms with van der Waals surface area (Å²) in [6, 6.07) is 0.458. The summed E-state index contributed by atoms with van der Waals surface area (Å²) in [6.45, 7) is 6.82. The van der Waals surface area contributed by atoms with Crippen molar-refractivity contribution in [1.82, 2.24) is 25.6 Å². The zero-order valence-corrected chi connectivity index (χ0v) is 11.1. The van der Waals surface area contributed by atoms with Crippen LogP contribution in [0.3, 0.4) is 0 Å². The molecular formula is C12H21N5O. The van der Waals surface area contributed by atoms with E-state index < -0.39 is 0 Å².